The third-order valence-electron chi connectivity index (χ3n) is 3.95. The van der Waals surface area contributed by atoms with Crippen molar-refractivity contribution in [1.29, 1.82) is 0 Å². The zero-order valence-corrected chi connectivity index (χ0v) is 10.9. The Labute approximate surface area is 104 Å². The first-order chi connectivity index (χ1) is 8.29. The van der Waals surface area contributed by atoms with E-state index in [1.54, 1.807) is 0 Å². The van der Waals surface area contributed by atoms with Crippen molar-refractivity contribution in [2.24, 2.45) is 0 Å². The number of nitrogens with one attached hydrogen (secondary N) is 1. The summed E-state index contributed by atoms with van der Waals surface area (Å²) in [5, 5.41) is 3.28. The molecule has 1 aliphatic carbocycles. The summed E-state index contributed by atoms with van der Waals surface area (Å²) in [4.78, 5) is 14.2. The number of nitrogens with zero attached hydrogens (tertiary/aromatic N) is 1. The van der Waals surface area contributed by atoms with Crippen LogP contribution in [0.15, 0.2) is 11.6 Å². The van der Waals surface area contributed by atoms with Crippen LogP contribution in [0.25, 0.3) is 0 Å². The van der Waals surface area contributed by atoms with Crippen LogP contribution >= 0.6 is 0 Å². The van der Waals surface area contributed by atoms with Gasteiger partial charge in [0.1, 0.15) is 0 Å². The molecule has 2 rings (SSSR count). The van der Waals surface area contributed by atoms with Gasteiger partial charge in [-0.3, -0.25) is 4.79 Å². The SMILES string of the molecule is CNC1CCCN(C(=O)CC2=CCCCC2)C1. The molecule has 2 aliphatic rings. The second kappa shape index (κ2) is 6.20. The van der Waals surface area contributed by atoms with Gasteiger partial charge < -0.3 is 10.2 Å². The third-order valence-corrected chi connectivity index (χ3v) is 3.95. The maximum Gasteiger partial charge on any atom is 0.226 e. The van der Waals surface area contributed by atoms with Crippen LogP contribution in [-0.4, -0.2) is 37.0 Å². The van der Waals surface area contributed by atoms with Gasteiger partial charge in [0, 0.05) is 25.6 Å². The summed E-state index contributed by atoms with van der Waals surface area (Å²) < 4.78 is 0. The van der Waals surface area contributed by atoms with E-state index < -0.39 is 0 Å². The molecule has 0 aromatic rings. The van der Waals surface area contributed by atoms with Gasteiger partial charge in [-0.15, -0.1) is 0 Å². The summed E-state index contributed by atoms with van der Waals surface area (Å²) in [5.74, 6) is 0.332. The lowest BCUT2D eigenvalue weighted by Gasteiger charge is -2.33. The minimum absolute atomic E-state index is 0.332. The number of likely N-dealkylation sites (N-methyl/N-ethyl adjacent to an activating group) is 1. The van der Waals surface area contributed by atoms with Crippen molar-refractivity contribution in [2.45, 2.75) is 51.0 Å². The van der Waals surface area contributed by atoms with Crippen LogP contribution in [0.1, 0.15) is 44.9 Å². The molecular weight excluding hydrogens is 212 g/mol. The monoisotopic (exact) mass is 236 g/mol. The highest BCUT2D eigenvalue weighted by molar-refractivity contribution is 5.78. The first kappa shape index (κ1) is 12.6. The fourth-order valence-corrected chi connectivity index (χ4v) is 2.81. The summed E-state index contributed by atoms with van der Waals surface area (Å²) in [6, 6.07) is 0.494. The Morgan fingerprint density at radius 1 is 1.47 bits per heavy atom. The highest BCUT2D eigenvalue weighted by Crippen LogP contribution is 2.21. The van der Waals surface area contributed by atoms with Crippen LogP contribution in [-0.2, 0) is 4.79 Å². The van der Waals surface area contributed by atoms with Crippen molar-refractivity contribution >= 4 is 5.91 Å². The Morgan fingerprint density at radius 2 is 2.35 bits per heavy atom. The standard InChI is InChI=1S/C14H24N2O/c1-15-13-8-5-9-16(11-13)14(17)10-12-6-3-2-4-7-12/h6,13,15H,2-5,7-11H2,1H3. The summed E-state index contributed by atoms with van der Waals surface area (Å²) in [7, 11) is 1.99. The van der Waals surface area contributed by atoms with Crippen LogP contribution in [0.2, 0.25) is 0 Å². The van der Waals surface area contributed by atoms with Gasteiger partial charge >= 0.3 is 0 Å². The second-order valence-electron chi connectivity index (χ2n) is 5.25. The van der Waals surface area contributed by atoms with E-state index in [4.69, 9.17) is 0 Å². The molecule has 1 saturated heterocycles. The fourth-order valence-electron chi connectivity index (χ4n) is 2.81. The molecule has 3 heteroatoms. The first-order valence-electron chi connectivity index (χ1n) is 6.92. The molecule has 0 aromatic carbocycles. The van der Waals surface area contributed by atoms with Gasteiger partial charge in [-0.1, -0.05) is 11.6 Å². The number of likely N-dealkylation sites (tertiary alicyclic amines) is 1. The summed E-state index contributed by atoms with van der Waals surface area (Å²) in [6.45, 7) is 1.84. The zero-order chi connectivity index (χ0) is 12.1. The molecule has 1 N–H and O–H groups in total. The van der Waals surface area contributed by atoms with Crippen LogP contribution in [0.4, 0.5) is 0 Å². The van der Waals surface area contributed by atoms with E-state index in [9.17, 15) is 4.79 Å². The molecule has 0 radical (unpaired) electrons. The predicted molar refractivity (Wildman–Crippen MR) is 69.8 cm³/mol. The molecule has 96 valence electrons. The van der Waals surface area contributed by atoms with Gasteiger partial charge in [0.25, 0.3) is 0 Å². The maximum absolute atomic E-state index is 12.2. The smallest absolute Gasteiger partial charge is 0.226 e. The van der Waals surface area contributed by atoms with Crippen LogP contribution in [0.3, 0.4) is 0 Å². The van der Waals surface area contributed by atoms with E-state index in [2.05, 4.69) is 11.4 Å². The van der Waals surface area contributed by atoms with Crippen LogP contribution in [0.5, 0.6) is 0 Å². The molecule has 0 bridgehead atoms. The molecule has 17 heavy (non-hydrogen) atoms. The lowest BCUT2D eigenvalue weighted by atomic mass is 9.96. The topological polar surface area (TPSA) is 32.3 Å². The highest BCUT2D eigenvalue weighted by Gasteiger charge is 2.23. The number of carbonyl (C=O) groups is 1. The van der Waals surface area contributed by atoms with E-state index in [1.165, 1.54) is 31.3 Å². The van der Waals surface area contributed by atoms with Crippen LogP contribution < -0.4 is 5.32 Å². The van der Waals surface area contributed by atoms with Crippen molar-refractivity contribution in [3.63, 3.8) is 0 Å². The Balaban J connectivity index is 1.84. The molecule has 1 amide bonds. The quantitative estimate of drug-likeness (QED) is 0.761. The molecule has 1 unspecified atom stereocenters. The van der Waals surface area contributed by atoms with Crippen molar-refractivity contribution in [2.75, 3.05) is 20.1 Å². The number of hydrogen-bond acceptors (Lipinski definition) is 2. The minimum atomic E-state index is 0.332. The van der Waals surface area contributed by atoms with Gasteiger partial charge in [-0.25, -0.2) is 0 Å². The van der Waals surface area contributed by atoms with Gasteiger partial charge in [0.2, 0.25) is 5.91 Å². The molecule has 1 atom stereocenters. The van der Waals surface area contributed by atoms with Gasteiger partial charge in [0.05, 0.1) is 0 Å². The first-order valence-corrected chi connectivity index (χ1v) is 6.92. The molecule has 0 spiro atoms. The van der Waals surface area contributed by atoms with Gasteiger partial charge in [0.15, 0.2) is 0 Å². The van der Waals surface area contributed by atoms with Crippen molar-refractivity contribution in [1.82, 2.24) is 10.2 Å². The minimum Gasteiger partial charge on any atom is -0.341 e. The highest BCUT2D eigenvalue weighted by atomic mass is 16.2. The van der Waals surface area contributed by atoms with Crippen molar-refractivity contribution in [3.05, 3.63) is 11.6 Å². The third kappa shape index (κ3) is 3.56. The number of amides is 1. The van der Waals surface area contributed by atoms with Crippen molar-refractivity contribution < 1.29 is 4.79 Å². The number of rotatable bonds is 3. The molecule has 1 heterocycles. The number of piperidine rings is 1. The Bertz CT molecular complexity index is 299. The Morgan fingerprint density at radius 3 is 3.06 bits per heavy atom. The largest absolute Gasteiger partial charge is 0.341 e. The molecule has 1 aliphatic heterocycles. The second-order valence-corrected chi connectivity index (χ2v) is 5.25. The van der Waals surface area contributed by atoms with E-state index in [1.807, 2.05) is 11.9 Å². The normalized spacial score (nSPS) is 25.6. The molecule has 1 fully saturated rings. The van der Waals surface area contributed by atoms with Crippen LogP contribution in [0, 0.1) is 0 Å². The lowest BCUT2D eigenvalue weighted by molar-refractivity contribution is -0.131. The molecular formula is C14H24N2O. The maximum atomic E-state index is 12.2. The zero-order valence-electron chi connectivity index (χ0n) is 10.9. The van der Waals surface area contributed by atoms with E-state index in [-0.39, 0.29) is 0 Å². The average Bonchev–Trinajstić information content (AvgIpc) is 2.40. The fraction of sp³-hybridized carbons (Fsp3) is 0.786. The van der Waals surface area contributed by atoms with Gasteiger partial charge in [-0.05, 0) is 45.6 Å². The molecule has 0 saturated carbocycles. The van der Waals surface area contributed by atoms with E-state index in [0.29, 0.717) is 18.4 Å². The average molecular weight is 236 g/mol. The molecule has 3 nitrogen and oxygen atoms in total. The van der Waals surface area contributed by atoms with E-state index >= 15 is 0 Å². The predicted octanol–water partition coefficient (Wildman–Crippen LogP) is 2.09. The van der Waals surface area contributed by atoms with Crippen molar-refractivity contribution in [3.8, 4) is 0 Å². The van der Waals surface area contributed by atoms with Gasteiger partial charge in [-0.2, -0.15) is 0 Å². The number of hydrogen-bond donors (Lipinski definition) is 1. The Hall–Kier alpha value is -0.830. The lowest BCUT2D eigenvalue weighted by Crippen LogP contribution is -2.47. The Kier molecular flexibility index (Phi) is 4.60. The summed E-state index contributed by atoms with van der Waals surface area (Å²) in [5.41, 5.74) is 1.37. The summed E-state index contributed by atoms with van der Waals surface area (Å²) in [6.07, 6.45) is 10.1. The number of carbonyl (C=O) groups excluding carboxylic acids is 1. The van der Waals surface area contributed by atoms with E-state index in [0.717, 1.165) is 25.9 Å². The molecule has 0 aromatic heterocycles. The summed E-state index contributed by atoms with van der Waals surface area (Å²) >= 11 is 0. The number of allylic oxidation sites excluding steroid dienone is 1.